The largest absolute Gasteiger partial charge is 0.497 e. The molecule has 9 heteroatoms. The van der Waals surface area contributed by atoms with E-state index in [4.69, 9.17) is 9.47 Å². The summed E-state index contributed by atoms with van der Waals surface area (Å²) in [6.45, 7) is 0.748. The quantitative estimate of drug-likeness (QED) is 0.673. The normalized spacial score (nSPS) is 19.3. The summed E-state index contributed by atoms with van der Waals surface area (Å²) < 4.78 is 12.7. The first-order chi connectivity index (χ1) is 13.2. The lowest BCUT2D eigenvalue weighted by Gasteiger charge is -2.26. The van der Waals surface area contributed by atoms with Crippen LogP contribution in [0.15, 0.2) is 23.4 Å². The third kappa shape index (κ3) is 3.73. The molecule has 1 atom stereocenters. The van der Waals surface area contributed by atoms with Gasteiger partial charge < -0.3 is 14.4 Å². The Labute approximate surface area is 162 Å². The van der Waals surface area contributed by atoms with Crippen molar-refractivity contribution in [2.75, 3.05) is 26.5 Å². The molecule has 0 N–H and O–H groups in total. The van der Waals surface area contributed by atoms with Crippen molar-refractivity contribution in [2.24, 2.45) is 0 Å². The van der Waals surface area contributed by atoms with Gasteiger partial charge in [-0.05, 0) is 54.3 Å². The number of carbonyl (C=O) groups excluding carboxylic acids is 1. The highest BCUT2D eigenvalue weighted by Gasteiger charge is 2.33. The van der Waals surface area contributed by atoms with Crippen LogP contribution in [0.4, 0.5) is 0 Å². The minimum Gasteiger partial charge on any atom is -0.497 e. The number of ether oxygens (including phenoxy) is 2. The molecule has 1 aromatic carbocycles. The molecule has 27 heavy (non-hydrogen) atoms. The van der Waals surface area contributed by atoms with E-state index in [-0.39, 0.29) is 11.9 Å². The number of benzene rings is 1. The number of aromatic nitrogens is 4. The van der Waals surface area contributed by atoms with Gasteiger partial charge in [-0.15, -0.1) is 5.10 Å². The lowest BCUT2D eigenvalue weighted by atomic mass is 10.0. The lowest BCUT2D eigenvalue weighted by molar-refractivity contribution is -0.129. The predicted molar refractivity (Wildman–Crippen MR) is 100 cm³/mol. The number of amides is 1. The fourth-order valence-corrected chi connectivity index (χ4v) is 4.36. The van der Waals surface area contributed by atoms with Crippen LogP contribution in [0, 0.1) is 0 Å². The van der Waals surface area contributed by atoms with E-state index in [9.17, 15) is 4.79 Å². The number of likely N-dealkylation sites (tertiary alicyclic amines) is 1. The second-order valence-corrected chi connectivity index (χ2v) is 7.72. The molecule has 0 spiro atoms. The van der Waals surface area contributed by atoms with Crippen molar-refractivity contribution in [1.29, 1.82) is 0 Å². The molecule has 144 valence electrons. The molecule has 2 fully saturated rings. The Morgan fingerprint density at radius 3 is 2.85 bits per heavy atom. The summed E-state index contributed by atoms with van der Waals surface area (Å²) in [4.78, 5) is 14.9. The summed E-state index contributed by atoms with van der Waals surface area (Å²) in [5.41, 5.74) is 0.996. The fraction of sp³-hybridized carbons (Fsp3) is 0.556. The third-order valence-corrected chi connectivity index (χ3v) is 5.97. The van der Waals surface area contributed by atoms with E-state index in [1.54, 1.807) is 14.2 Å². The number of thioether (sulfide) groups is 1. The van der Waals surface area contributed by atoms with Crippen LogP contribution in [0.2, 0.25) is 0 Å². The van der Waals surface area contributed by atoms with Gasteiger partial charge in [0.05, 0.1) is 32.1 Å². The van der Waals surface area contributed by atoms with Gasteiger partial charge in [-0.3, -0.25) is 4.79 Å². The molecule has 2 aromatic rings. The Balaban J connectivity index is 1.47. The number of hydrogen-bond acceptors (Lipinski definition) is 7. The molecule has 0 unspecified atom stereocenters. The molecule has 1 amide bonds. The van der Waals surface area contributed by atoms with Gasteiger partial charge in [0.1, 0.15) is 11.5 Å². The van der Waals surface area contributed by atoms with E-state index < -0.39 is 0 Å². The van der Waals surface area contributed by atoms with Gasteiger partial charge in [-0.2, -0.15) is 0 Å². The zero-order valence-electron chi connectivity index (χ0n) is 15.5. The lowest BCUT2D eigenvalue weighted by Crippen LogP contribution is -2.32. The summed E-state index contributed by atoms with van der Waals surface area (Å²) >= 11 is 1.41. The predicted octanol–water partition coefficient (Wildman–Crippen LogP) is 2.48. The van der Waals surface area contributed by atoms with Gasteiger partial charge in [-0.25, -0.2) is 4.68 Å². The Morgan fingerprint density at radius 2 is 2.11 bits per heavy atom. The topological polar surface area (TPSA) is 82.4 Å². The molecule has 1 aromatic heterocycles. The third-order valence-electron chi connectivity index (χ3n) is 5.05. The first-order valence-corrected chi connectivity index (χ1v) is 10.1. The standard InChI is InChI=1S/C18H23N5O3S/c1-25-13-7-8-16(26-2)14(10-13)15-4-3-9-22(15)17(24)11-27-18-19-20-21-23(18)12-5-6-12/h7-8,10,12,15H,3-6,9,11H2,1-2H3/t15-/m0/s1. The fourth-order valence-electron chi connectivity index (χ4n) is 3.53. The Hall–Kier alpha value is -2.29. The molecule has 1 saturated carbocycles. The Bertz CT molecular complexity index is 823. The van der Waals surface area contributed by atoms with Gasteiger partial charge in [0.2, 0.25) is 11.1 Å². The zero-order chi connectivity index (χ0) is 18.8. The number of methoxy groups -OCH3 is 2. The van der Waals surface area contributed by atoms with Crippen molar-refractivity contribution >= 4 is 17.7 Å². The van der Waals surface area contributed by atoms with Crippen LogP contribution in [0.1, 0.15) is 43.3 Å². The highest BCUT2D eigenvalue weighted by Crippen LogP contribution is 2.40. The van der Waals surface area contributed by atoms with E-state index in [0.29, 0.717) is 11.8 Å². The maximum Gasteiger partial charge on any atom is 0.233 e. The van der Waals surface area contributed by atoms with Gasteiger partial charge >= 0.3 is 0 Å². The molecule has 0 bridgehead atoms. The van der Waals surface area contributed by atoms with E-state index in [2.05, 4.69) is 15.5 Å². The second kappa shape index (κ2) is 7.75. The second-order valence-electron chi connectivity index (χ2n) is 6.78. The molecule has 2 aliphatic rings. The number of nitrogens with zero attached hydrogens (tertiary/aromatic N) is 5. The summed E-state index contributed by atoms with van der Waals surface area (Å²) in [6.07, 6.45) is 4.10. The molecule has 4 rings (SSSR count). The van der Waals surface area contributed by atoms with Crippen molar-refractivity contribution in [1.82, 2.24) is 25.1 Å². The van der Waals surface area contributed by atoms with Crippen molar-refractivity contribution in [3.05, 3.63) is 23.8 Å². The molecular formula is C18H23N5O3S. The molecule has 1 aliphatic carbocycles. The van der Waals surface area contributed by atoms with Crippen LogP contribution >= 0.6 is 11.8 Å². The average molecular weight is 389 g/mol. The highest BCUT2D eigenvalue weighted by atomic mass is 32.2. The Morgan fingerprint density at radius 1 is 1.26 bits per heavy atom. The van der Waals surface area contributed by atoms with Gasteiger partial charge in [0.15, 0.2) is 0 Å². The molecular weight excluding hydrogens is 366 g/mol. The van der Waals surface area contributed by atoms with Crippen LogP contribution in [0.25, 0.3) is 0 Å². The van der Waals surface area contributed by atoms with Crippen LogP contribution in [0.5, 0.6) is 11.5 Å². The minimum atomic E-state index is 0.00239. The molecule has 1 aliphatic heterocycles. The summed E-state index contributed by atoms with van der Waals surface area (Å²) in [5, 5.41) is 12.6. The minimum absolute atomic E-state index is 0.00239. The van der Waals surface area contributed by atoms with Gasteiger partial charge in [0, 0.05) is 12.1 Å². The maximum absolute atomic E-state index is 12.9. The van der Waals surface area contributed by atoms with E-state index >= 15 is 0 Å². The van der Waals surface area contributed by atoms with E-state index in [1.807, 2.05) is 27.8 Å². The summed E-state index contributed by atoms with van der Waals surface area (Å²) in [6, 6.07) is 6.14. The number of tetrazole rings is 1. The number of hydrogen-bond donors (Lipinski definition) is 0. The van der Waals surface area contributed by atoms with Crippen molar-refractivity contribution in [3.63, 3.8) is 0 Å². The van der Waals surface area contributed by atoms with Crippen LogP contribution in [-0.4, -0.2) is 57.5 Å². The van der Waals surface area contributed by atoms with E-state index in [0.717, 1.165) is 54.4 Å². The molecule has 1 saturated heterocycles. The molecule has 0 radical (unpaired) electrons. The number of rotatable bonds is 7. The van der Waals surface area contributed by atoms with Crippen molar-refractivity contribution in [3.8, 4) is 11.5 Å². The average Bonchev–Trinajstić information content (AvgIpc) is 3.23. The zero-order valence-corrected chi connectivity index (χ0v) is 16.3. The first kappa shape index (κ1) is 18.1. The molecule has 2 heterocycles. The monoisotopic (exact) mass is 389 g/mol. The Kier molecular flexibility index (Phi) is 5.20. The summed E-state index contributed by atoms with van der Waals surface area (Å²) in [5.74, 6) is 1.97. The van der Waals surface area contributed by atoms with E-state index in [1.165, 1.54) is 11.8 Å². The van der Waals surface area contributed by atoms with Crippen molar-refractivity contribution in [2.45, 2.75) is 42.9 Å². The van der Waals surface area contributed by atoms with Crippen LogP contribution < -0.4 is 9.47 Å². The molecule has 8 nitrogen and oxygen atoms in total. The maximum atomic E-state index is 12.9. The SMILES string of the molecule is COc1ccc(OC)c([C@@H]2CCCN2C(=O)CSc2nnnn2C2CC2)c1. The van der Waals surface area contributed by atoms with Crippen LogP contribution in [0.3, 0.4) is 0 Å². The van der Waals surface area contributed by atoms with Crippen molar-refractivity contribution < 1.29 is 14.3 Å². The van der Waals surface area contributed by atoms with Gasteiger partial charge in [-0.1, -0.05) is 11.8 Å². The number of carbonyl (C=O) groups is 1. The van der Waals surface area contributed by atoms with Gasteiger partial charge in [0.25, 0.3) is 0 Å². The first-order valence-electron chi connectivity index (χ1n) is 9.13. The summed E-state index contributed by atoms with van der Waals surface area (Å²) in [7, 11) is 3.30. The van der Waals surface area contributed by atoms with Crippen LogP contribution in [-0.2, 0) is 4.79 Å². The highest BCUT2D eigenvalue weighted by molar-refractivity contribution is 7.99. The smallest absolute Gasteiger partial charge is 0.233 e.